The molecule has 3 atom stereocenters. The molecule has 35 heavy (non-hydrogen) atoms. The number of hydrogen-bond acceptors (Lipinski definition) is 7. The van der Waals surface area contributed by atoms with Crippen LogP contribution in [0.25, 0.3) is 5.52 Å². The molecule has 2 aliphatic rings. The van der Waals surface area contributed by atoms with Crippen molar-refractivity contribution in [3.63, 3.8) is 0 Å². The Hall–Kier alpha value is -1.81. The van der Waals surface area contributed by atoms with Gasteiger partial charge in [-0.3, -0.25) is 9.13 Å². The maximum absolute atomic E-state index is 11.9. The predicted octanol–water partition coefficient (Wildman–Crippen LogP) is 3.50. The molecule has 188 valence electrons. The van der Waals surface area contributed by atoms with Gasteiger partial charge in [0.1, 0.15) is 11.6 Å². The highest BCUT2D eigenvalue weighted by Crippen LogP contribution is 2.55. The molecule has 4 heterocycles. The van der Waals surface area contributed by atoms with Crippen LogP contribution in [0.3, 0.4) is 0 Å². The SMILES string of the molecule is O=P(O)(O)CP(=O)(O)OC[C@@H]1CC[C@H](c2ncc3c(N4CCc5ccccc5C4)cc(Cl)nn23)O1. The zero-order valence-corrected chi connectivity index (χ0v) is 21.1. The largest absolute Gasteiger partial charge is 0.365 e. The number of benzene rings is 1. The molecule has 0 bridgehead atoms. The van der Waals surface area contributed by atoms with Crippen LogP contribution in [0.1, 0.15) is 35.9 Å². The number of nitrogens with zero attached hydrogens (tertiary/aromatic N) is 4. The van der Waals surface area contributed by atoms with Gasteiger partial charge in [-0.25, -0.2) is 9.50 Å². The van der Waals surface area contributed by atoms with Crippen LogP contribution < -0.4 is 4.90 Å². The Bertz CT molecular complexity index is 1350. The van der Waals surface area contributed by atoms with Crippen molar-refractivity contribution in [2.45, 2.75) is 38.0 Å². The van der Waals surface area contributed by atoms with E-state index in [1.807, 2.05) is 12.1 Å². The molecule has 1 saturated heterocycles. The van der Waals surface area contributed by atoms with Crippen LogP contribution >= 0.6 is 26.8 Å². The Kier molecular flexibility index (Phi) is 6.80. The van der Waals surface area contributed by atoms with E-state index in [1.165, 1.54) is 11.1 Å². The summed E-state index contributed by atoms with van der Waals surface area (Å²) in [7, 11) is -9.12. The molecule has 2 aliphatic heterocycles. The first kappa shape index (κ1) is 24.9. The van der Waals surface area contributed by atoms with Crippen molar-refractivity contribution in [3.8, 4) is 0 Å². The van der Waals surface area contributed by atoms with Crippen molar-refractivity contribution in [2.24, 2.45) is 0 Å². The summed E-state index contributed by atoms with van der Waals surface area (Å²) >= 11 is 6.39. The van der Waals surface area contributed by atoms with Gasteiger partial charge in [0.15, 0.2) is 16.9 Å². The Morgan fingerprint density at radius 1 is 1.17 bits per heavy atom. The fourth-order valence-electron chi connectivity index (χ4n) is 4.62. The lowest BCUT2D eigenvalue weighted by atomic mass is 9.99. The summed E-state index contributed by atoms with van der Waals surface area (Å²) in [4.78, 5) is 34.4. The number of imidazole rings is 1. The topological polar surface area (TPSA) is 147 Å². The lowest BCUT2D eigenvalue weighted by molar-refractivity contribution is 0.0106. The molecule has 2 aromatic heterocycles. The molecule has 0 spiro atoms. The first-order chi connectivity index (χ1) is 16.6. The first-order valence-electron chi connectivity index (χ1n) is 11.1. The number of fused-ring (bicyclic) bond motifs is 2. The van der Waals surface area contributed by atoms with Gasteiger partial charge in [-0.15, -0.1) is 0 Å². The Balaban J connectivity index is 1.32. The Morgan fingerprint density at radius 2 is 1.94 bits per heavy atom. The average Bonchev–Trinajstić information content (AvgIpc) is 3.42. The minimum atomic E-state index is -4.68. The highest BCUT2D eigenvalue weighted by atomic mass is 35.5. The second kappa shape index (κ2) is 9.57. The predicted molar refractivity (Wildman–Crippen MR) is 129 cm³/mol. The minimum absolute atomic E-state index is 0.264. The molecular weight excluding hydrogens is 518 g/mol. The zero-order valence-electron chi connectivity index (χ0n) is 18.6. The molecule has 0 saturated carbocycles. The fraction of sp³-hybridized carbons (Fsp3) is 0.429. The van der Waals surface area contributed by atoms with Crippen molar-refractivity contribution in [2.75, 3.05) is 24.0 Å². The second-order valence-electron chi connectivity index (χ2n) is 8.77. The summed E-state index contributed by atoms with van der Waals surface area (Å²) < 4.78 is 35.5. The molecule has 0 aliphatic carbocycles. The van der Waals surface area contributed by atoms with Crippen LogP contribution in [0.4, 0.5) is 5.69 Å². The zero-order chi connectivity index (χ0) is 24.8. The van der Waals surface area contributed by atoms with Crippen molar-refractivity contribution in [1.82, 2.24) is 14.6 Å². The molecule has 1 fully saturated rings. The van der Waals surface area contributed by atoms with Crippen LogP contribution in [0.2, 0.25) is 5.15 Å². The maximum Gasteiger partial charge on any atom is 0.340 e. The highest BCUT2D eigenvalue weighted by molar-refractivity contribution is 7.70. The number of anilines is 1. The second-order valence-corrected chi connectivity index (χ2v) is 13.2. The van der Waals surface area contributed by atoms with E-state index in [2.05, 4.69) is 33.2 Å². The minimum Gasteiger partial charge on any atom is -0.365 e. The van der Waals surface area contributed by atoms with Crippen LogP contribution in [-0.4, -0.2) is 54.4 Å². The number of halogens is 1. The van der Waals surface area contributed by atoms with Crippen molar-refractivity contribution in [3.05, 3.63) is 58.6 Å². The van der Waals surface area contributed by atoms with E-state index in [0.717, 1.165) is 30.7 Å². The van der Waals surface area contributed by atoms with Gasteiger partial charge in [0.2, 0.25) is 0 Å². The summed E-state index contributed by atoms with van der Waals surface area (Å²) in [6.07, 6.45) is 2.79. The van der Waals surface area contributed by atoms with E-state index in [4.69, 9.17) is 30.6 Å². The summed E-state index contributed by atoms with van der Waals surface area (Å²) in [6, 6.07) is 10.2. The third-order valence-electron chi connectivity index (χ3n) is 6.17. The van der Waals surface area contributed by atoms with Gasteiger partial charge >= 0.3 is 15.2 Å². The van der Waals surface area contributed by atoms with E-state index in [1.54, 1.807) is 10.7 Å². The normalized spacial score (nSPS) is 22.3. The lowest BCUT2D eigenvalue weighted by Gasteiger charge is -2.31. The number of aromatic nitrogens is 3. The van der Waals surface area contributed by atoms with E-state index in [9.17, 15) is 14.0 Å². The highest BCUT2D eigenvalue weighted by Gasteiger charge is 2.35. The molecule has 14 heteroatoms. The molecule has 0 radical (unpaired) electrons. The summed E-state index contributed by atoms with van der Waals surface area (Å²) in [5.41, 5.74) is 4.34. The first-order valence-corrected chi connectivity index (χ1v) is 15.0. The fourth-order valence-corrected chi connectivity index (χ4v) is 7.38. The van der Waals surface area contributed by atoms with E-state index >= 15 is 0 Å². The quantitative estimate of drug-likeness (QED) is 0.379. The van der Waals surface area contributed by atoms with Gasteiger partial charge in [0.25, 0.3) is 0 Å². The van der Waals surface area contributed by atoms with Crippen molar-refractivity contribution >= 4 is 38.0 Å². The van der Waals surface area contributed by atoms with Gasteiger partial charge in [0.05, 0.1) is 24.6 Å². The number of ether oxygens (including phenoxy) is 1. The van der Waals surface area contributed by atoms with Crippen LogP contribution in [-0.2, 0) is 31.4 Å². The molecule has 0 amide bonds. The third-order valence-corrected chi connectivity index (χ3v) is 9.81. The van der Waals surface area contributed by atoms with E-state index < -0.39 is 33.3 Å². The molecular formula is C21H25ClN4O7P2. The van der Waals surface area contributed by atoms with Crippen LogP contribution in [0.5, 0.6) is 0 Å². The third kappa shape index (κ3) is 5.63. The van der Waals surface area contributed by atoms with Crippen molar-refractivity contribution < 1.29 is 33.1 Å². The van der Waals surface area contributed by atoms with Gasteiger partial charge in [-0.1, -0.05) is 35.9 Å². The summed E-state index contributed by atoms with van der Waals surface area (Å²) in [5, 5.41) is 4.76. The van der Waals surface area contributed by atoms with Gasteiger partial charge in [0, 0.05) is 19.2 Å². The molecule has 1 unspecified atom stereocenters. The molecule has 1 aromatic carbocycles. The number of rotatable bonds is 7. The smallest absolute Gasteiger partial charge is 0.340 e. The molecule has 3 N–H and O–H groups in total. The monoisotopic (exact) mass is 542 g/mol. The average molecular weight is 543 g/mol. The Morgan fingerprint density at radius 3 is 2.71 bits per heavy atom. The van der Waals surface area contributed by atoms with Gasteiger partial charge in [-0.2, -0.15) is 5.10 Å². The molecule has 5 rings (SSSR count). The van der Waals surface area contributed by atoms with Gasteiger partial charge in [-0.05, 0) is 30.4 Å². The van der Waals surface area contributed by atoms with Gasteiger partial charge < -0.3 is 28.8 Å². The van der Waals surface area contributed by atoms with E-state index in [0.29, 0.717) is 23.8 Å². The Labute approximate surface area is 206 Å². The summed E-state index contributed by atoms with van der Waals surface area (Å²) in [6.45, 7) is 1.32. The lowest BCUT2D eigenvalue weighted by Crippen LogP contribution is -2.30. The summed E-state index contributed by atoms with van der Waals surface area (Å²) in [5.74, 6) is -0.668. The van der Waals surface area contributed by atoms with Crippen molar-refractivity contribution in [1.29, 1.82) is 0 Å². The molecule has 3 aromatic rings. The molecule has 11 nitrogen and oxygen atoms in total. The standard InChI is InChI=1S/C21H25ClN4O7P2/c22-20-9-17(25-8-7-14-3-1-2-4-15(14)11-25)18-10-23-21(26(18)24-20)19-6-5-16(33-19)12-32-35(30,31)13-34(27,28)29/h1-4,9-10,16,19H,5-8,11-13H2,(H,30,31)(H2,27,28,29)/t16-,19+/m0/s1. The van der Waals surface area contributed by atoms with Crippen LogP contribution in [0, 0.1) is 0 Å². The maximum atomic E-state index is 11.9. The number of hydrogen-bond donors (Lipinski definition) is 3. The van der Waals surface area contributed by atoms with Crippen LogP contribution in [0.15, 0.2) is 36.5 Å². The van der Waals surface area contributed by atoms with E-state index in [-0.39, 0.29) is 6.61 Å².